The summed E-state index contributed by atoms with van der Waals surface area (Å²) in [5.41, 5.74) is 2.31. The highest BCUT2D eigenvalue weighted by Crippen LogP contribution is 2.44. The number of nitriles is 1. The molecule has 0 saturated heterocycles. The van der Waals surface area contributed by atoms with E-state index in [2.05, 4.69) is 69.3 Å². The minimum Gasteiger partial charge on any atom is -0.495 e. The van der Waals surface area contributed by atoms with Gasteiger partial charge in [-0.3, -0.25) is 10.1 Å². The molecule has 1 aliphatic carbocycles. The largest absolute Gasteiger partial charge is 0.495 e. The van der Waals surface area contributed by atoms with Crippen LogP contribution >= 0.6 is 55.4 Å². The molecule has 2 aromatic rings. The minimum absolute atomic E-state index is 0.144. The zero-order valence-corrected chi connectivity index (χ0v) is 22.5. The lowest BCUT2D eigenvalue weighted by Gasteiger charge is -2.33. The number of nitrogens with one attached hydrogen (secondary N) is 2. The predicted molar refractivity (Wildman–Crippen MR) is 136 cm³/mol. The normalized spacial score (nSPS) is 15.6. The van der Waals surface area contributed by atoms with E-state index in [1.54, 1.807) is 23.5 Å². The molecular weight excluding hydrogens is 562 g/mol. The smallest absolute Gasteiger partial charge is 0.261 e. The van der Waals surface area contributed by atoms with Gasteiger partial charge in [-0.15, -0.1) is 11.3 Å². The van der Waals surface area contributed by atoms with E-state index in [9.17, 15) is 10.1 Å². The van der Waals surface area contributed by atoms with E-state index < -0.39 is 5.91 Å². The molecule has 0 spiro atoms. The number of ether oxygens (including phenoxy) is 1. The lowest BCUT2D eigenvalue weighted by Crippen LogP contribution is -2.34. The number of thiocarbonyl (C=S) groups is 1. The first kappa shape index (κ1) is 24.2. The number of anilines is 1. The topological polar surface area (TPSA) is 74.2 Å². The molecule has 3 rings (SSSR count). The minimum atomic E-state index is -0.399. The van der Waals surface area contributed by atoms with Gasteiger partial charge in [0.15, 0.2) is 5.11 Å². The predicted octanol–water partition coefficient (Wildman–Crippen LogP) is 6.43. The van der Waals surface area contributed by atoms with Crippen molar-refractivity contribution >= 4 is 71.4 Å². The molecule has 1 aromatic carbocycles. The van der Waals surface area contributed by atoms with Crippen LogP contribution < -0.4 is 15.4 Å². The molecule has 0 saturated carbocycles. The number of hydrogen-bond donors (Lipinski definition) is 2. The first-order valence-electron chi connectivity index (χ1n) is 9.75. The summed E-state index contributed by atoms with van der Waals surface area (Å²) >= 11 is 13.7. The van der Waals surface area contributed by atoms with Gasteiger partial charge in [-0.2, -0.15) is 5.26 Å². The lowest BCUT2D eigenvalue weighted by molar-refractivity contribution is 0.0974. The summed E-state index contributed by atoms with van der Waals surface area (Å²) < 4.78 is 6.73. The summed E-state index contributed by atoms with van der Waals surface area (Å²) in [5.74, 6) is 0.595. The summed E-state index contributed by atoms with van der Waals surface area (Å²) in [6, 6.07) is 5.79. The van der Waals surface area contributed by atoms with E-state index in [1.807, 2.05) is 0 Å². The van der Waals surface area contributed by atoms with Crippen LogP contribution in [0.5, 0.6) is 5.75 Å². The number of amides is 1. The number of thiophene rings is 1. The lowest BCUT2D eigenvalue weighted by atomic mass is 9.72. The molecule has 0 bridgehead atoms. The number of halogens is 2. The van der Waals surface area contributed by atoms with Crippen molar-refractivity contribution in [3.63, 3.8) is 0 Å². The van der Waals surface area contributed by atoms with Crippen molar-refractivity contribution in [2.45, 2.75) is 40.0 Å². The SMILES string of the molecule is COc1c(Br)cc(Br)cc1C(=O)NC(=S)Nc1sc2c(c1C#N)CC[C@H](C(C)(C)C)C2. The van der Waals surface area contributed by atoms with Gasteiger partial charge < -0.3 is 10.1 Å². The van der Waals surface area contributed by atoms with Gasteiger partial charge in [-0.1, -0.05) is 36.7 Å². The Morgan fingerprint density at radius 1 is 1.35 bits per heavy atom. The maximum atomic E-state index is 12.8. The molecule has 1 heterocycles. The first-order chi connectivity index (χ1) is 14.5. The van der Waals surface area contributed by atoms with Crippen molar-refractivity contribution in [3.05, 3.63) is 42.6 Å². The Bertz CT molecular complexity index is 1080. The molecule has 0 unspecified atom stereocenters. The maximum Gasteiger partial charge on any atom is 0.261 e. The molecule has 1 amide bonds. The molecular formula is C22H23Br2N3O2S2. The van der Waals surface area contributed by atoms with Crippen molar-refractivity contribution in [3.8, 4) is 11.8 Å². The van der Waals surface area contributed by atoms with Gasteiger partial charge >= 0.3 is 0 Å². The highest BCUT2D eigenvalue weighted by Gasteiger charge is 2.32. The molecule has 0 fully saturated rings. The third kappa shape index (κ3) is 5.30. The van der Waals surface area contributed by atoms with Crippen LogP contribution in [0, 0.1) is 22.7 Å². The Hall–Kier alpha value is -1.47. The van der Waals surface area contributed by atoms with Crippen molar-refractivity contribution in [1.82, 2.24) is 5.32 Å². The molecule has 9 heteroatoms. The van der Waals surface area contributed by atoms with Crippen LogP contribution in [0.2, 0.25) is 0 Å². The molecule has 1 atom stereocenters. The fourth-order valence-corrected chi connectivity index (χ4v) is 6.70. The van der Waals surface area contributed by atoms with Crippen LogP contribution in [0.1, 0.15) is 53.6 Å². The molecule has 5 nitrogen and oxygen atoms in total. The van der Waals surface area contributed by atoms with E-state index >= 15 is 0 Å². The number of rotatable bonds is 3. The van der Waals surface area contributed by atoms with E-state index in [-0.39, 0.29) is 10.5 Å². The van der Waals surface area contributed by atoms with Gasteiger partial charge in [-0.05, 0) is 76.4 Å². The van der Waals surface area contributed by atoms with Crippen molar-refractivity contribution in [2.24, 2.45) is 11.3 Å². The van der Waals surface area contributed by atoms with Crippen LogP contribution in [0.15, 0.2) is 21.1 Å². The quantitative estimate of drug-likeness (QED) is 0.407. The van der Waals surface area contributed by atoms with Gasteiger partial charge in [0.2, 0.25) is 0 Å². The van der Waals surface area contributed by atoms with Gasteiger partial charge in [0.25, 0.3) is 5.91 Å². The van der Waals surface area contributed by atoms with E-state index in [0.717, 1.165) is 29.3 Å². The van der Waals surface area contributed by atoms with Gasteiger partial charge in [-0.25, -0.2) is 0 Å². The summed E-state index contributed by atoms with van der Waals surface area (Å²) in [7, 11) is 1.50. The molecule has 1 aliphatic rings. The van der Waals surface area contributed by atoms with Crippen LogP contribution in [0.4, 0.5) is 5.00 Å². The number of methoxy groups -OCH3 is 1. The Balaban J connectivity index is 1.79. The maximum absolute atomic E-state index is 12.8. The standard InChI is InChI=1S/C22H23Br2N3O2S2/c1-22(2,3)11-5-6-13-15(10-25)20(31-17(13)7-11)27-21(30)26-19(28)14-8-12(23)9-16(24)18(14)29-4/h8-9,11H,5-7H2,1-4H3,(H2,26,27,28,30)/t11-/m0/s1. The number of carbonyl (C=O) groups excluding carboxylic acids is 1. The third-order valence-corrected chi connectivity index (χ3v) is 7.93. The average molecular weight is 585 g/mol. The van der Waals surface area contributed by atoms with Gasteiger partial charge in [0.05, 0.1) is 22.7 Å². The second-order valence-corrected chi connectivity index (χ2v) is 11.8. The number of carbonyl (C=O) groups is 1. The summed E-state index contributed by atoms with van der Waals surface area (Å²) in [5, 5.41) is 16.4. The molecule has 0 radical (unpaired) electrons. The number of hydrogen-bond acceptors (Lipinski definition) is 5. The summed E-state index contributed by atoms with van der Waals surface area (Å²) in [4.78, 5) is 14.0. The molecule has 0 aliphatic heterocycles. The monoisotopic (exact) mass is 583 g/mol. The Morgan fingerprint density at radius 3 is 2.68 bits per heavy atom. The second kappa shape index (κ2) is 9.57. The molecule has 1 aromatic heterocycles. The van der Waals surface area contributed by atoms with Gasteiger partial charge in [0.1, 0.15) is 16.8 Å². The molecule has 31 heavy (non-hydrogen) atoms. The number of nitrogens with zero attached hydrogens (tertiary/aromatic N) is 1. The number of benzene rings is 1. The van der Waals surface area contributed by atoms with Crippen LogP contribution in [-0.2, 0) is 12.8 Å². The van der Waals surface area contributed by atoms with Gasteiger partial charge in [0, 0.05) is 9.35 Å². The summed E-state index contributed by atoms with van der Waals surface area (Å²) in [6.45, 7) is 6.79. The Kier molecular flexibility index (Phi) is 7.47. The Morgan fingerprint density at radius 2 is 2.06 bits per heavy atom. The van der Waals surface area contributed by atoms with Crippen molar-refractivity contribution in [2.75, 3.05) is 12.4 Å². The summed E-state index contributed by atoms with van der Waals surface area (Å²) in [6.07, 6.45) is 2.92. The van der Waals surface area contributed by atoms with E-state index in [0.29, 0.717) is 32.3 Å². The van der Waals surface area contributed by atoms with Crippen molar-refractivity contribution < 1.29 is 9.53 Å². The highest BCUT2D eigenvalue weighted by atomic mass is 79.9. The van der Waals surface area contributed by atoms with Crippen LogP contribution in [-0.4, -0.2) is 18.1 Å². The zero-order chi connectivity index (χ0) is 22.9. The van der Waals surface area contributed by atoms with Crippen LogP contribution in [0.25, 0.3) is 0 Å². The fraction of sp³-hybridized carbons (Fsp3) is 0.409. The second-order valence-electron chi connectivity index (χ2n) is 8.50. The average Bonchev–Trinajstić information content (AvgIpc) is 3.02. The zero-order valence-electron chi connectivity index (χ0n) is 17.7. The highest BCUT2D eigenvalue weighted by molar-refractivity contribution is 9.11. The Labute approximate surface area is 208 Å². The van der Waals surface area contributed by atoms with E-state index in [1.165, 1.54) is 12.0 Å². The molecule has 2 N–H and O–H groups in total. The fourth-order valence-electron chi connectivity index (χ4n) is 3.77. The number of fused-ring (bicyclic) bond motifs is 1. The van der Waals surface area contributed by atoms with E-state index in [4.69, 9.17) is 17.0 Å². The third-order valence-electron chi connectivity index (χ3n) is 5.51. The molecule has 164 valence electrons. The first-order valence-corrected chi connectivity index (χ1v) is 12.6. The van der Waals surface area contributed by atoms with Crippen molar-refractivity contribution in [1.29, 1.82) is 5.26 Å². The van der Waals surface area contributed by atoms with Crippen LogP contribution in [0.3, 0.4) is 0 Å².